The summed E-state index contributed by atoms with van der Waals surface area (Å²) in [7, 11) is 0. The van der Waals surface area contributed by atoms with Crippen LogP contribution in [-0.2, 0) is 6.54 Å². The van der Waals surface area contributed by atoms with Crippen molar-refractivity contribution in [3.8, 4) is 22.3 Å². The van der Waals surface area contributed by atoms with Crippen LogP contribution in [0.15, 0.2) is 195 Å². The minimum Gasteiger partial charge on any atom is -0.456 e. The molecule has 0 aliphatic carbocycles. The Hall–Kier alpha value is -6.91. The summed E-state index contributed by atoms with van der Waals surface area (Å²) in [6.07, 6.45) is 0. The van der Waals surface area contributed by atoms with Crippen molar-refractivity contribution in [3.63, 3.8) is 0 Å². The van der Waals surface area contributed by atoms with E-state index in [1.165, 1.54) is 27.1 Å². The summed E-state index contributed by atoms with van der Waals surface area (Å²) in [5, 5.41) is 7.00. The fraction of sp³-hybridized carbons (Fsp3) is 0.0208. The molecule has 9 aromatic rings. The monoisotopic (exact) mass is 667 g/mol. The molecule has 52 heavy (non-hydrogen) atoms. The van der Waals surface area contributed by atoms with Gasteiger partial charge >= 0.3 is 0 Å². The molecule has 4 heteroatoms. The van der Waals surface area contributed by atoms with Crippen LogP contribution in [0.4, 0.5) is 0 Å². The summed E-state index contributed by atoms with van der Waals surface area (Å²) in [5.41, 5.74) is 9.04. The molecule has 1 heterocycles. The second-order valence-electron chi connectivity index (χ2n) is 12.9. The van der Waals surface area contributed by atoms with E-state index in [-0.39, 0.29) is 0 Å². The standard InChI is InChI=1S/C48H33N3O/c1-49-47(36-27-25-35(26-28-36)41-19-9-14-34-12-4-5-17-40(34)41)51-48(50-31-32-23-24-33-11-2-3-13-37(33)29-32)39-16-8-15-38(30-39)42-20-10-22-45-46(42)43-18-6-7-21-44(43)52-45/h2-30H,1,31H2. The Kier molecular flexibility index (Phi) is 8.03. The summed E-state index contributed by atoms with van der Waals surface area (Å²) in [4.78, 5) is 14.7. The molecule has 0 radical (unpaired) electrons. The smallest absolute Gasteiger partial charge is 0.161 e. The Labute approximate surface area is 301 Å². The van der Waals surface area contributed by atoms with Crippen molar-refractivity contribution in [2.24, 2.45) is 15.0 Å². The van der Waals surface area contributed by atoms with Gasteiger partial charge in [0.05, 0.1) is 6.54 Å². The van der Waals surface area contributed by atoms with Crippen LogP contribution in [-0.4, -0.2) is 18.4 Å². The molecule has 0 unspecified atom stereocenters. The zero-order chi connectivity index (χ0) is 34.9. The van der Waals surface area contributed by atoms with Gasteiger partial charge in [0, 0.05) is 21.9 Å². The Morgan fingerprint density at radius 1 is 0.481 bits per heavy atom. The van der Waals surface area contributed by atoms with Crippen LogP contribution in [0.3, 0.4) is 0 Å². The molecule has 0 aliphatic rings. The number of benzene rings is 8. The summed E-state index contributed by atoms with van der Waals surface area (Å²) in [5.74, 6) is 1.09. The van der Waals surface area contributed by atoms with E-state index in [0.29, 0.717) is 18.2 Å². The zero-order valence-corrected chi connectivity index (χ0v) is 28.4. The van der Waals surface area contributed by atoms with E-state index >= 15 is 0 Å². The van der Waals surface area contributed by atoms with Crippen LogP contribution in [0.5, 0.6) is 0 Å². The number of amidine groups is 2. The average Bonchev–Trinajstić information content (AvgIpc) is 3.60. The maximum absolute atomic E-state index is 6.22. The summed E-state index contributed by atoms with van der Waals surface area (Å²) >= 11 is 0. The van der Waals surface area contributed by atoms with Gasteiger partial charge in [0.15, 0.2) is 11.7 Å². The van der Waals surface area contributed by atoms with Crippen LogP contribution in [0, 0.1) is 0 Å². The topological polar surface area (TPSA) is 50.2 Å². The Bertz CT molecular complexity index is 2840. The molecule has 0 amide bonds. The summed E-state index contributed by atoms with van der Waals surface area (Å²) in [6.45, 7) is 4.39. The van der Waals surface area contributed by atoms with Crippen LogP contribution < -0.4 is 0 Å². The van der Waals surface area contributed by atoms with Gasteiger partial charge in [-0.25, -0.2) is 9.98 Å². The second kappa shape index (κ2) is 13.4. The number of aliphatic imine (C=N–C) groups is 3. The number of hydrogen-bond donors (Lipinski definition) is 0. The Morgan fingerprint density at radius 2 is 1.17 bits per heavy atom. The van der Waals surface area contributed by atoms with E-state index in [2.05, 4.69) is 163 Å². The van der Waals surface area contributed by atoms with E-state index in [0.717, 1.165) is 55.3 Å². The zero-order valence-electron chi connectivity index (χ0n) is 28.4. The maximum Gasteiger partial charge on any atom is 0.161 e. The predicted octanol–water partition coefficient (Wildman–Crippen LogP) is 12.3. The highest BCUT2D eigenvalue weighted by Gasteiger charge is 2.15. The fourth-order valence-corrected chi connectivity index (χ4v) is 7.10. The fourth-order valence-electron chi connectivity index (χ4n) is 7.10. The highest BCUT2D eigenvalue weighted by Crippen LogP contribution is 2.37. The molecule has 0 N–H and O–H groups in total. The lowest BCUT2D eigenvalue weighted by Crippen LogP contribution is -2.06. The van der Waals surface area contributed by atoms with Crippen molar-refractivity contribution in [1.82, 2.24) is 0 Å². The van der Waals surface area contributed by atoms with Crippen LogP contribution in [0.25, 0.3) is 65.7 Å². The highest BCUT2D eigenvalue weighted by atomic mass is 16.3. The van der Waals surface area contributed by atoms with Gasteiger partial charge in [-0.05, 0) is 80.3 Å². The van der Waals surface area contributed by atoms with Crippen molar-refractivity contribution in [2.45, 2.75) is 6.54 Å². The number of rotatable bonds is 6. The molecular weight excluding hydrogens is 635 g/mol. The molecule has 0 spiro atoms. The molecule has 0 saturated carbocycles. The van der Waals surface area contributed by atoms with E-state index in [9.17, 15) is 0 Å². The third-order valence-corrected chi connectivity index (χ3v) is 9.66. The molecule has 0 fully saturated rings. The van der Waals surface area contributed by atoms with Crippen LogP contribution in [0.1, 0.15) is 16.7 Å². The second-order valence-corrected chi connectivity index (χ2v) is 12.9. The largest absolute Gasteiger partial charge is 0.456 e. The Morgan fingerprint density at radius 3 is 2.04 bits per heavy atom. The minimum atomic E-state index is 0.459. The lowest BCUT2D eigenvalue weighted by Gasteiger charge is -2.10. The van der Waals surface area contributed by atoms with Crippen LogP contribution in [0.2, 0.25) is 0 Å². The van der Waals surface area contributed by atoms with Crippen molar-refractivity contribution < 1.29 is 4.42 Å². The minimum absolute atomic E-state index is 0.459. The normalized spacial score (nSPS) is 12.2. The van der Waals surface area contributed by atoms with Gasteiger partial charge in [0.1, 0.15) is 11.2 Å². The lowest BCUT2D eigenvalue weighted by atomic mass is 9.97. The van der Waals surface area contributed by atoms with Gasteiger partial charge in [-0.1, -0.05) is 152 Å². The molecule has 246 valence electrons. The molecular formula is C48H33N3O. The third kappa shape index (κ3) is 5.86. The average molecular weight is 668 g/mol. The lowest BCUT2D eigenvalue weighted by molar-refractivity contribution is 0.669. The van der Waals surface area contributed by atoms with Gasteiger partial charge in [0.2, 0.25) is 0 Å². The first kappa shape index (κ1) is 31.1. The van der Waals surface area contributed by atoms with Gasteiger partial charge in [-0.15, -0.1) is 0 Å². The number of hydrogen-bond acceptors (Lipinski definition) is 2. The van der Waals surface area contributed by atoms with E-state index < -0.39 is 0 Å². The molecule has 0 aliphatic heterocycles. The summed E-state index contributed by atoms with van der Waals surface area (Å²) < 4.78 is 6.22. The quantitative estimate of drug-likeness (QED) is 0.129. The van der Waals surface area contributed by atoms with Crippen molar-refractivity contribution >= 4 is 61.9 Å². The first-order chi connectivity index (χ1) is 25.7. The molecule has 8 aromatic carbocycles. The van der Waals surface area contributed by atoms with Gasteiger partial charge in [0.25, 0.3) is 0 Å². The SMILES string of the molecule is C=NC(=NC(=NCc1ccc2ccccc2c1)c1cccc(-c2cccc3oc4ccccc4c23)c1)c1ccc(-c2cccc3ccccc23)cc1. The van der Waals surface area contributed by atoms with Crippen LogP contribution >= 0.6 is 0 Å². The van der Waals surface area contributed by atoms with E-state index in [4.69, 9.17) is 14.4 Å². The van der Waals surface area contributed by atoms with E-state index in [1.54, 1.807) is 0 Å². The number of furan rings is 1. The molecule has 4 nitrogen and oxygen atoms in total. The molecule has 0 atom stereocenters. The molecule has 0 bridgehead atoms. The maximum atomic E-state index is 6.22. The first-order valence-corrected chi connectivity index (χ1v) is 17.4. The number of nitrogens with zero attached hydrogens (tertiary/aromatic N) is 3. The number of fused-ring (bicyclic) bond motifs is 5. The Balaban J connectivity index is 1.13. The third-order valence-electron chi connectivity index (χ3n) is 9.66. The van der Waals surface area contributed by atoms with Crippen molar-refractivity contribution in [1.29, 1.82) is 0 Å². The van der Waals surface area contributed by atoms with E-state index in [1.807, 2.05) is 24.3 Å². The van der Waals surface area contributed by atoms with Crippen molar-refractivity contribution in [3.05, 3.63) is 193 Å². The van der Waals surface area contributed by atoms with Gasteiger partial charge < -0.3 is 4.42 Å². The summed E-state index contributed by atoms with van der Waals surface area (Å²) in [6, 6.07) is 60.9. The van der Waals surface area contributed by atoms with Gasteiger partial charge in [-0.2, -0.15) is 0 Å². The first-order valence-electron chi connectivity index (χ1n) is 17.4. The highest BCUT2D eigenvalue weighted by molar-refractivity contribution is 6.15. The predicted molar refractivity (Wildman–Crippen MR) is 219 cm³/mol. The van der Waals surface area contributed by atoms with Crippen molar-refractivity contribution in [2.75, 3.05) is 0 Å². The molecule has 1 aromatic heterocycles. The van der Waals surface area contributed by atoms with Gasteiger partial charge in [-0.3, -0.25) is 4.99 Å². The molecule has 0 saturated heterocycles. The number of para-hydroxylation sites is 1. The molecule has 9 rings (SSSR count).